The second kappa shape index (κ2) is 5.14. The van der Waals surface area contributed by atoms with E-state index in [2.05, 4.69) is 4.98 Å². The molecule has 92 valence electrons. The number of hydrogen-bond acceptors (Lipinski definition) is 4. The van der Waals surface area contributed by atoms with Gasteiger partial charge in [0.05, 0.1) is 17.6 Å². The van der Waals surface area contributed by atoms with Crippen LogP contribution in [-0.4, -0.2) is 31.2 Å². The molecule has 0 bridgehead atoms. The lowest BCUT2D eigenvalue weighted by molar-refractivity contribution is -0.124. The molecule has 0 spiro atoms. The van der Waals surface area contributed by atoms with E-state index in [9.17, 15) is 4.79 Å². The molecule has 2 rings (SSSR count). The van der Waals surface area contributed by atoms with Gasteiger partial charge in [-0.25, -0.2) is 0 Å². The molecule has 2 N–H and O–H groups in total. The molecule has 0 atom stereocenters. The van der Waals surface area contributed by atoms with Crippen molar-refractivity contribution in [1.29, 1.82) is 0 Å². The fourth-order valence-electron chi connectivity index (χ4n) is 2.04. The average molecular weight is 235 g/mol. The molecule has 0 radical (unpaired) electrons. The lowest BCUT2D eigenvalue weighted by Gasteiger charge is -2.27. The first-order valence-corrected chi connectivity index (χ1v) is 5.75. The van der Waals surface area contributed by atoms with Crippen LogP contribution < -0.4 is 10.6 Å². The summed E-state index contributed by atoms with van der Waals surface area (Å²) in [6.07, 6.45) is 4.77. The molecule has 0 unspecified atom stereocenters. The Morgan fingerprint density at radius 2 is 2.24 bits per heavy atom. The van der Waals surface area contributed by atoms with Crippen molar-refractivity contribution in [1.82, 2.24) is 4.98 Å². The van der Waals surface area contributed by atoms with Crippen molar-refractivity contribution in [3.63, 3.8) is 0 Å². The summed E-state index contributed by atoms with van der Waals surface area (Å²) in [7, 11) is 1.75. The molecule has 0 saturated carbocycles. The maximum absolute atomic E-state index is 12.2. The van der Waals surface area contributed by atoms with Gasteiger partial charge in [-0.3, -0.25) is 9.78 Å². The Kier molecular flexibility index (Phi) is 3.58. The van der Waals surface area contributed by atoms with Gasteiger partial charge in [0.25, 0.3) is 0 Å². The smallest absolute Gasteiger partial charge is 0.230 e. The summed E-state index contributed by atoms with van der Waals surface area (Å²) in [4.78, 5) is 17.8. The van der Waals surface area contributed by atoms with Crippen molar-refractivity contribution in [3.8, 4) is 0 Å². The highest BCUT2D eigenvalue weighted by Gasteiger charge is 2.25. The molecule has 1 amide bonds. The zero-order valence-corrected chi connectivity index (χ0v) is 9.93. The number of ether oxygens (including phenoxy) is 1. The predicted molar refractivity (Wildman–Crippen MR) is 65.6 cm³/mol. The van der Waals surface area contributed by atoms with E-state index in [-0.39, 0.29) is 11.8 Å². The van der Waals surface area contributed by atoms with Crippen molar-refractivity contribution >= 4 is 17.3 Å². The molecule has 1 saturated heterocycles. The number of carbonyl (C=O) groups is 1. The van der Waals surface area contributed by atoms with Gasteiger partial charge >= 0.3 is 0 Å². The molecule has 1 aromatic heterocycles. The Bertz CT molecular complexity index is 402. The molecule has 1 aliphatic rings. The summed E-state index contributed by atoms with van der Waals surface area (Å²) in [5, 5.41) is 0. The maximum atomic E-state index is 12.2. The summed E-state index contributed by atoms with van der Waals surface area (Å²) in [5.74, 6) is 0.146. The van der Waals surface area contributed by atoms with Crippen LogP contribution in [0.3, 0.4) is 0 Å². The van der Waals surface area contributed by atoms with Crippen LogP contribution in [0, 0.1) is 5.92 Å². The van der Waals surface area contributed by atoms with Gasteiger partial charge in [0, 0.05) is 32.4 Å². The molecule has 5 nitrogen and oxygen atoms in total. The zero-order chi connectivity index (χ0) is 12.3. The molecule has 5 heteroatoms. The Morgan fingerprint density at radius 3 is 2.88 bits per heavy atom. The highest BCUT2D eigenvalue weighted by atomic mass is 16.5. The van der Waals surface area contributed by atoms with E-state index in [1.54, 1.807) is 30.4 Å². The summed E-state index contributed by atoms with van der Waals surface area (Å²) in [6, 6.07) is 1.76. The van der Waals surface area contributed by atoms with Gasteiger partial charge in [0.2, 0.25) is 5.91 Å². The molecule has 0 aromatic carbocycles. The van der Waals surface area contributed by atoms with Crippen molar-refractivity contribution in [2.45, 2.75) is 12.8 Å². The number of nitrogen functional groups attached to an aromatic ring is 1. The standard InChI is InChI=1S/C12H17N3O2/c1-15(11-2-5-14-8-10(11)13)12(16)9-3-6-17-7-4-9/h2,5,8-9H,3-4,6-7,13H2,1H3. The van der Waals surface area contributed by atoms with E-state index >= 15 is 0 Å². The monoisotopic (exact) mass is 235 g/mol. The minimum atomic E-state index is 0.0429. The van der Waals surface area contributed by atoms with Gasteiger partial charge in [-0.2, -0.15) is 0 Å². The SMILES string of the molecule is CN(C(=O)C1CCOCC1)c1ccncc1N. The van der Waals surface area contributed by atoms with Crippen molar-refractivity contribution in [2.24, 2.45) is 5.92 Å². The summed E-state index contributed by atoms with van der Waals surface area (Å²) < 4.78 is 5.25. The van der Waals surface area contributed by atoms with Crippen LogP contribution in [0.15, 0.2) is 18.5 Å². The third kappa shape index (κ3) is 2.55. The lowest BCUT2D eigenvalue weighted by atomic mass is 9.98. The first-order chi connectivity index (χ1) is 8.20. The largest absolute Gasteiger partial charge is 0.396 e. The van der Waals surface area contributed by atoms with E-state index in [1.165, 1.54) is 0 Å². The van der Waals surface area contributed by atoms with Gasteiger partial charge in [-0.15, -0.1) is 0 Å². The summed E-state index contributed by atoms with van der Waals surface area (Å²) in [5.41, 5.74) is 7.05. The van der Waals surface area contributed by atoms with Crippen LogP contribution in [0.2, 0.25) is 0 Å². The number of rotatable bonds is 2. The maximum Gasteiger partial charge on any atom is 0.230 e. The summed E-state index contributed by atoms with van der Waals surface area (Å²) in [6.45, 7) is 1.33. The van der Waals surface area contributed by atoms with Crippen LogP contribution in [0.5, 0.6) is 0 Å². The minimum absolute atomic E-state index is 0.0429. The molecular formula is C12H17N3O2. The Labute approximate surface area is 101 Å². The van der Waals surface area contributed by atoms with E-state index in [1.807, 2.05) is 0 Å². The van der Waals surface area contributed by atoms with Gasteiger partial charge in [0.1, 0.15) is 0 Å². The normalized spacial score (nSPS) is 16.8. The highest BCUT2D eigenvalue weighted by Crippen LogP contribution is 2.24. The fourth-order valence-corrected chi connectivity index (χ4v) is 2.04. The van der Waals surface area contributed by atoms with Gasteiger partial charge in [0.15, 0.2) is 0 Å². The first-order valence-electron chi connectivity index (χ1n) is 5.75. The Balaban J connectivity index is 2.11. The molecule has 1 aliphatic heterocycles. The second-order valence-electron chi connectivity index (χ2n) is 4.22. The third-order valence-corrected chi connectivity index (χ3v) is 3.09. The van der Waals surface area contributed by atoms with Gasteiger partial charge < -0.3 is 15.4 Å². The molecule has 1 fully saturated rings. The Morgan fingerprint density at radius 1 is 1.53 bits per heavy atom. The van der Waals surface area contributed by atoms with Crippen LogP contribution in [0.25, 0.3) is 0 Å². The molecule has 2 heterocycles. The van der Waals surface area contributed by atoms with Crippen LogP contribution >= 0.6 is 0 Å². The van der Waals surface area contributed by atoms with Crippen molar-refractivity contribution in [2.75, 3.05) is 30.9 Å². The van der Waals surface area contributed by atoms with E-state index in [4.69, 9.17) is 10.5 Å². The number of pyridine rings is 1. The summed E-state index contributed by atoms with van der Waals surface area (Å²) >= 11 is 0. The topological polar surface area (TPSA) is 68.5 Å². The number of nitrogens with two attached hydrogens (primary N) is 1. The molecule has 1 aromatic rings. The number of anilines is 2. The minimum Gasteiger partial charge on any atom is -0.396 e. The quantitative estimate of drug-likeness (QED) is 0.832. The van der Waals surface area contributed by atoms with Crippen LogP contribution in [-0.2, 0) is 9.53 Å². The van der Waals surface area contributed by atoms with Crippen LogP contribution in [0.4, 0.5) is 11.4 Å². The van der Waals surface area contributed by atoms with E-state index in [0.29, 0.717) is 18.9 Å². The zero-order valence-electron chi connectivity index (χ0n) is 9.93. The Hall–Kier alpha value is -1.62. The second-order valence-corrected chi connectivity index (χ2v) is 4.22. The first kappa shape index (κ1) is 11.9. The number of aromatic nitrogens is 1. The fraction of sp³-hybridized carbons (Fsp3) is 0.500. The van der Waals surface area contributed by atoms with E-state index in [0.717, 1.165) is 18.5 Å². The number of nitrogens with zero attached hydrogens (tertiary/aromatic N) is 2. The van der Waals surface area contributed by atoms with Crippen molar-refractivity contribution in [3.05, 3.63) is 18.5 Å². The number of carbonyl (C=O) groups excluding carboxylic acids is 1. The third-order valence-electron chi connectivity index (χ3n) is 3.09. The average Bonchev–Trinajstić information content (AvgIpc) is 2.39. The number of hydrogen-bond donors (Lipinski definition) is 1. The van der Waals surface area contributed by atoms with Gasteiger partial charge in [-0.05, 0) is 18.9 Å². The van der Waals surface area contributed by atoms with E-state index < -0.39 is 0 Å². The van der Waals surface area contributed by atoms with Gasteiger partial charge in [-0.1, -0.05) is 0 Å². The highest BCUT2D eigenvalue weighted by molar-refractivity contribution is 5.97. The van der Waals surface area contributed by atoms with Crippen LogP contribution in [0.1, 0.15) is 12.8 Å². The molecular weight excluding hydrogens is 218 g/mol. The number of amides is 1. The molecule has 17 heavy (non-hydrogen) atoms. The molecule has 0 aliphatic carbocycles. The predicted octanol–water partition coefficient (Wildman–Crippen LogP) is 1.05. The lowest BCUT2D eigenvalue weighted by Crippen LogP contribution is -2.36. The van der Waals surface area contributed by atoms with Crippen molar-refractivity contribution < 1.29 is 9.53 Å².